The average molecular weight is 360 g/mol. The summed E-state index contributed by atoms with van der Waals surface area (Å²) in [6, 6.07) is 14.6. The Bertz CT molecular complexity index is 1020. The van der Waals surface area contributed by atoms with Gasteiger partial charge in [0.1, 0.15) is 5.75 Å². The van der Waals surface area contributed by atoms with Crippen molar-refractivity contribution in [1.29, 1.82) is 0 Å². The van der Waals surface area contributed by atoms with E-state index in [1.807, 2.05) is 6.07 Å². The summed E-state index contributed by atoms with van der Waals surface area (Å²) in [6.45, 7) is 1.58. The lowest BCUT2D eigenvalue weighted by Gasteiger charge is -2.33. The van der Waals surface area contributed by atoms with E-state index in [1.54, 1.807) is 7.11 Å². The highest BCUT2D eigenvalue weighted by Gasteiger charge is 2.31. The van der Waals surface area contributed by atoms with Gasteiger partial charge in [-0.15, -0.1) is 0 Å². The van der Waals surface area contributed by atoms with Gasteiger partial charge in [-0.2, -0.15) is 0 Å². The third kappa shape index (κ3) is 2.80. The first kappa shape index (κ1) is 16.4. The van der Waals surface area contributed by atoms with Crippen molar-refractivity contribution in [3.63, 3.8) is 0 Å². The molecule has 27 heavy (non-hydrogen) atoms. The zero-order valence-corrected chi connectivity index (χ0v) is 15.6. The number of aromatic nitrogens is 1. The number of benzene rings is 2. The minimum Gasteiger partial charge on any atom is -0.497 e. The number of aromatic amines is 1. The number of methoxy groups -OCH3 is 1. The Balaban J connectivity index is 1.40. The van der Waals surface area contributed by atoms with Gasteiger partial charge in [-0.05, 0) is 60.6 Å². The number of rotatable bonds is 2. The standard InChI is InChI=1S/C23H24N2O2/c1-27-18-7-9-22-20(13-18)19-12-16(6-8-21(19)24-22)23(26)25-11-10-15-4-2-3-5-17(15)14-25/h2-5,7,9,13,16,24H,6,8,10-12,14H2,1H3. The first-order chi connectivity index (χ1) is 13.2. The second kappa shape index (κ2) is 6.45. The van der Waals surface area contributed by atoms with Crippen molar-refractivity contribution in [3.05, 3.63) is 64.8 Å². The summed E-state index contributed by atoms with van der Waals surface area (Å²) in [5, 5.41) is 1.20. The minimum atomic E-state index is 0.0768. The van der Waals surface area contributed by atoms with E-state index in [2.05, 4.69) is 46.3 Å². The van der Waals surface area contributed by atoms with Crippen molar-refractivity contribution in [2.24, 2.45) is 5.92 Å². The zero-order chi connectivity index (χ0) is 18.4. The van der Waals surface area contributed by atoms with Crippen LogP contribution in [0.3, 0.4) is 0 Å². The SMILES string of the molecule is COc1ccc2[nH]c3c(c2c1)CC(C(=O)N1CCc2ccccc2C1)CC3. The second-order valence-corrected chi connectivity index (χ2v) is 7.71. The van der Waals surface area contributed by atoms with Crippen LogP contribution in [0, 0.1) is 5.92 Å². The van der Waals surface area contributed by atoms with E-state index in [-0.39, 0.29) is 5.92 Å². The molecule has 1 atom stereocenters. The predicted octanol–water partition coefficient (Wildman–Crippen LogP) is 3.87. The number of nitrogens with one attached hydrogen (secondary N) is 1. The van der Waals surface area contributed by atoms with E-state index < -0.39 is 0 Å². The van der Waals surface area contributed by atoms with E-state index in [0.717, 1.165) is 50.0 Å². The summed E-state index contributed by atoms with van der Waals surface area (Å²) in [4.78, 5) is 18.8. The number of carbonyl (C=O) groups is 1. The van der Waals surface area contributed by atoms with Crippen LogP contribution in [0.25, 0.3) is 10.9 Å². The molecule has 1 N–H and O–H groups in total. The first-order valence-electron chi connectivity index (χ1n) is 9.76. The highest BCUT2D eigenvalue weighted by atomic mass is 16.5. The van der Waals surface area contributed by atoms with Crippen molar-refractivity contribution >= 4 is 16.8 Å². The summed E-state index contributed by atoms with van der Waals surface area (Å²) >= 11 is 0. The summed E-state index contributed by atoms with van der Waals surface area (Å²) in [5.41, 5.74) is 6.40. The van der Waals surface area contributed by atoms with E-state index in [4.69, 9.17) is 4.74 Å². The van der Waals surface area contributed by atoms with Crippen LogP contribution in [0.1, 0.15) is 28.8 Å². The molecule has 2 aliphatic rings. The molecule has 1 amide bonds. The van der Waals surface area contributed by atoms with E-state index in [1.165, 1.54) is 27.8 Å². The van der Waals surface area contributed by atoms with Gasteiger partial charge in [-0.1, -0.05) is 24.3 Å². The fourth-order valence-electron chi connectivity index (χ4n) is 4.68. The van der Waals surface area contributed by atoms with Gasteiger partial charge >= 0.3 is 0 Å². The van der Waals surface area contributed by atoms with Crippen LogP contribution >= 0.6 is 0 Å². The molecular formula is C23H24N2O2. The first-order valence-corrected chi connectivity index (χ1v) is 9.76. The lowest BCUT2D eigenvalue weighted by atomic mass is 9.85. The summed E-state index contributed by atoms with van der Waals surface area (Å²) < 4.78 is 5.40. The molecule has 0 spiro atoms. The van der Waals surface area contributed by atoms with E-state index >= 15 is 0 Å². The molecule has 1 aromatic heterocycles. The fraction of sp³-hybridized carbons (Fsp3) is 0.348. The van der Waals surface area contributed by atoms with E-state index in [0.29, 0.717) is 5.91 Å². The maximum atomic E-state index is 13.2. The van der Waals surface area contributed by atoms with Gasteiger partial charge in [0, 0.05) is 35.6 Å². The van der Waals surface area contributed by atoms with Crippen LogP contribution < -0.4 is 4.74 Å². The maximum Gasteiger partial charge on any atom is 0.226 e. The summed E-state index contributed by atoms with van der Waals surface area (Å²) in [6.07, 6.45) is 3.64. The Kier molecular flexibility index (Phi) is 3.92. The van der Waals surface area contributed by atoms with E-state index in [9.17, 15) is 4.79 Å². The van der Waals surface area contributed by atoms with Crippen molar-refractivity contribution in [2.45, 2.75) is 32.2 Å². The topological polar surface area (TPSA) is 45.3 Å². The van der Waals surface area contributed by atoms with Crippen molar-refractivity contribution in [2.75, 3.05) is 13.7 Å². The lowest BCUT2D eigenvalue weighted by molar-refractivity contribution is -0.136. The third-order valence-electron chi connectivity index (χ3n) is 6.19. The number of aryl methyl sites for hydroxylation is 1. The normalized spacial score (nSPS) is 18.9. The molecule has 0 radical (unpaired) electrons. The van der Waals surface area contributed by atoms with Gasteiger partial charge < -0.3 is 14.6 Å². The molecule has 1 aliphatic heterocycles. The molecule has 1 unspecified atom stereocenters. The largest absolute Gasteiger partial charge is 0.497 e. The molecule has 1 aliphatic carbocycles. The fourth-order valence-corrected chi connectivity index (χ4v) is 4.68. The Morgan fingerprint density at radius 2 is 2.00 bits per heavy atom. The zero-order valence-electron chi connectivity index (χ0n) is 15.6. The van der Waals surface area contributed by atoms with Crippen LogP contribution in [0.4, 0.5) is 0 Å². The second-order valence-electron chi connectivity index (χ2n) is 7.71. The maximum absolute atomic E-state index is 13.2. The van der Waals surface area contributed by atoms with Crippen LogP contribution in [0.2, 0.25) is 0 Å². The van der Waals surface area contributed by atoms with Gasteiger partial charge in [0.15, 0.2) is 0 Å². The monoisotopic (exact) mass is 360 g/mol. The number of fused-ring (bicyclic) bond motifs is 4. The number of H-pyrrole nitrogens is 1. The number of hydrogen-bond donors (Lipinski definition) is 1. The van der Waals surface area contributed by atoms with Gasteiger partial charge in [0.25, 0.3) is 0 Å². The van der Waals surface area contributed by atoms with Crippen molar-refractivity contribution in [1.82, 2.24) is 9.88 Å². The molecule has 4 heteroatoms. The molecule has 3 aromatic rings. The summed E-state index contributed by atoms with van der Waals surface area (Å²) in [5.74, 6) is 1.26. The molecule has 5 rings (SSSR count). The van der Waals surface area contributed by atoms with Gasteiger partial charge in [-0.3, -0.25) is 4.79 Å². The third-order valence-corrected chi connectivity index (χ3v) is 6.19. The molecule has 2 aromatic carbocycles. The highest BCUT2D eigenvalue weighted by molar-refractivity contribution is 5.88. The molecule has 138 valence electrons. The Labute approximate surface area is 159 Å². The Morgan fingerprint density at radius 1 is 1.15 bits per heavy atom. The van der Waals surface area contributed by atoms with Crippen LogP contribution in [-0.4, -0.2) is 29.4 Å². The number of nitrogens with zero attached hydrogens (tertiary/aromatic N) is 1. The number of ether oxygens (including phenoxy) is 1. The van der Waals surface area contributed by atoms with Crippen molar-refractivity contribution in [3.8, 4) is 5.75 Å². The van der Waals surface area contributed by atoms with Gasteiger partial charge in [0.05, 0.1) is 7.11 Å². The molecule has 0 fully saturated rings. The smallest absolute Gasteiger partial charge is 0.226 e. The quantitative estimate of drug-likeness (QED) is 0.754. The number of hydrogen-bond acceptors (Lipinski definition) is 2. The van der Waals surface area contributed by atoms with Gasteiger partial charge in [-0.25, -0.2) is 0 Å². The van der Waals surface area contributed by atoms with Crippen LogP contribution in [0.5, 0.6) is 5.75 Å². The predicted molar refractivity (Wildman–Crippen MR) is 106 cm³/mol. The number of carbonyl (C=O) groups excluding carboxylic acids is 1. The molecule has 0 saturated carbocycles. The minimum absolute atomic E-state index is 0.0768. The van der Waals surface area contributed by atoms with Gasteiger partial charge in [0.2, 0.25) is 5.91 Å². The summed E-state index contributed by atoms with van der Waals surface area (Å²) in [7, 11) is 1.70. The molecule has 0 saturated heterocycles. The Hall–Kier alpha value is -2.75. The molecular weight excluding hydrogens is 336 g/mol. The van der Waals surface area contributed by atoms with Crippen LogP contribution in [0.15, 0.2) is 42.5 Å². The highest BCUT2D eigenvalue weighted by Crippen LogP contribution is 2.35. The lowest BCUT2D eigenvalue weighted by Crippen LogP contribution is -2.41. The molecule has 2 heterocycles. The number of amides is 1. The molecule has 4 nitrogen and oxygen atoms in total. The van der Waals surface area contributed by atoms with Crippen molar-refractivity contribution < 1.29 is 9.53 Å². The Morgan fingerprint density at radius 3 is 2.85 bits per heavy atom. The van der Waals surface area contributed by atoms with Crippen LogP contribution in [-0.2, 0) is 30.6 Å². The average Bonchev–Trinajstić information content (AvgIpc) is 3.09. The molecule has 0 bridgehead atoms.